The molecule has 0 aromatic heterocycles. The third-order valence-electron chi connectivity index (χ3n) is 2.75. The number of esters is 1. The molecule has 1 saturated heterocycles. The number of para-hydroxylation sites is 1. The Bertz CT molecular complexity index is 484. The van der Waals surface area contributed by atoms with Gasteiger partial charge >= 0.3 is 5.97 Å². The van der Waals surface area contributed by atoms with Crippen LogP contribution >= 0.6 is 0 Å². The number of hydrogen-bond acceptors (Lipinski definition) is 3. The van der Waals surface area contributed by atoms with Crippen molar-refractivity contribution in [2.75, 3.05) is 6.61 Å². The van der Waals surface area contributed by atoms with E-state index >= 15 is 0 Å². The zero-order valence-corrected chi connectivity index (χ0v) is 10.4. The monoisotopic (exact) mass is 244 g/mol. The van der Waals surface area contributed by atoms with E-state index in [1.165, 1.54) is 0 Å². The predicted octanol–water partition coefficient (Wildman–Crippen LogP) is 2.97. The van der Waals surface area contributed by atoms with Crippen LogP contribution in [-0.4, -0.2) is 18.7 Å². The maximum Gasteiger partial charge on any atom is 0.338 e. The fourth-order valence-electron chi connectivity index (χ4n) is 1.52. The topological polar surface area (TPSA) is 38.8 Å². The number of ether oxygens (including phenoxy) is 2. The molecule has 1 aliphatic rings. The molecular weight excluding hydrogens is 228 g/mol. The molecule has 0 spiro atoms. The van der Waals surface area contributed by atoms with Crippen LogP contribution in [0.25, 0.3) is 6.08 Å². The number of hydrogen-bond donors (Lipinski definition) is 0. The van der Waals surface area contributed by atoms with Crippen LogP contribution < -0.4 is 4.74 Å². The third kappa shape index (κ3) is 3.31. The summed E-state index contributed by atoms with van der Waals surface area (Å²) in [7, 11) is 0. The van der Waals surface area contributed by atoms with E-state index in [0.717, 1.165) is 18.6 Å². The van der Waals surface area contributed by atoms with E-state index in [-0.39, 0.29) is 12.1 Å². The molecule has 1 heterocycles. The van der Waals surface area contributed by atoms with Gasteiger partial charge in [0.1, 0.15) is 5.75 Å². The van der Waals surface area contributed by atoms with E-state index in [2.05, 4.69) is 6.58 Å². The molecule has 0 aliphatic carbocycles. The molecule has 2 rings (SSSR count). The maximum absolute atomic E-state index is 11.8. The van der Waals surface area contributed by atoms with Gasteiger partial charge in [0.15, 0.2) is 0 Å². The van der Waals surface area contributed by atoms with Gasteiger partial charge in [-0.05, 0) is 19.4 Å². The largest absolute Gasteiger partial charge is 0.423 e. The molecule has 1 atom stereocenters. The van der Waals surface area contributed by atoms with Gasteiger partial charge < -0.3 is 9.47 Å². The highest BCUT2D eigenvalue weighted by Gasteiger charge is 2.21. The molecule has 18 heavy (non-hydrogen) atoms. The lowest BCUT2D eigenvalue weighted by molar-refractivity contribution is -0.130. The Kier molecular flexibility index (Phi) is 3.95. The fraction of sp³-hybridized carbons (Fsp3) is 0.267. The Labute approximate surface area is 107 Å². The van der Waals surface area contributed by atoms with Gasteiger partial charge in [-0.1, -0.05) is 36.9 Å². The Hall–Kier alpha value is -1.87. The minimum Gasteiger partial charge on any atom is -0.423 e. The van der Waals surface area contributed by atoms with Gasteiger partial charge in [-0.25, -0.2) is 4.79 Å². The number of benzene rings is 1. The molecule has 3 nitrogen and oxygen atoms in total. The van der Waals surface area contributed by atoms with Crippen molar-refractivity contribution in [3.8, 4) is 5.75 Å². The van der Waals surface area contributed by atoms with Crippen LogP contribution in [-0.2, 0) is 9.53 Å². The predicted molar refractivity (Wildman–Crippen MR) is 70.3 cm³/mol. The average molecular weight is 244 g/mol. The van der Waals surface area contributed by atoms with E-state index < -0.39 is 0 Å². The van der Waals surface area contributed by atoms with Gasteiger partial charge in [0.25, 0.3) is 0 Å². The summed E-state index contributed by atoms with van der Waals surface area (Å²) in [6.45, 7) is 6.23. The quantitative estimate of drug-likeness (QED) is 0.346. The molecule has 3 heteroatoms. The molecule has 1 unspecified atom stereocenters. The molecule has 1 aromatic rings. The molecule has 1 aliphatic heterocycles. The SMILES string of the molecule is C=Cc1ccccc1OC(=O)/C(C)=C/CC1CO1. The van der Waals surface area contributed by atoms with Crippen molar-refractivity contribution in [1.82, 2.24) is 0 Å². The van der Waals surface area contributed by atoms with Gasteiger partial charge in [-0.3, -0.25) is 0 Å². The third-order valence-corrected chi connectivity index (χ3v) is 2.75. The number of carbonyl (C=O) groups is 1. The van der Waals surface area contributed by atoms with E-state index in [9.17, 15) is 4.79 Å². The van der Waals surface area contributed by atoms with Crippen LogP contribution in [0.5, 0.6) is 5.75 Å². The second kappa shape index (κ2) is 5.65. The average Bonchev–Trinajstić information content (AvgIpc) is 3.20. The highest BCUT2D eigenvalue weighted by molar-refractivity contribution is 5.90. The normalized spacial score (nSPS) is 18.3. The zero-order chi connectivity index (χ0) is 13.0. The van der Waals surface area contributed by atoms with Gasteiger partial charge in [0.2, 0.25) is 0 Å². The lowest BCUT2D eigenvalue weighted by Crippen LogP contribution is -2.10. The zero-order valence-electron chi connectivity index (χ0n) is 10.4. The van der Waals surface area contributed by atoms with E-state index in [0.29, 0.717) is 11.3 Å². The fourth-order valence-corrected chi connectivity index (χ4v) is 1.52. The van der Waals surface area contributed by atoms with E-state index in [1.54, 1.807) is 19.1 Å². The highest BCUT2D eigenvalue weighted by Crippen LogP contribution is 2.20. The Morgan fingerprint density at radius 3 is 2.94 bits per heavy atom. The van der Waals surface area contributed by atoms with Crippen LogP contribution in [0.3, 0.4) is 0 Å². The Balaban J connectivity index is 2.01. The van der Waals surface area contributed by atoms with Crippen LogP contribution in [0.4, 0.5) is 0 Å². The lowest BCUT2D eigenvalue weighted by Gasteiger charge is -2.07. The van der Waals surface area contributed by atoms with Crippen LogP contribution in [0.2, 0.25) is 0 Å². The van der Waals surface area contributed by atoms with Crippen LogP contribution in [0, 0.1) is 0 Å². The van der Waals surface area contributed by atoms with Gasteiger partial charge in [0, 0.05) is 11.1 Å². The first kappa shape index (κ1) is 12.6. The minimum atomic E-state index is -0.329. The van der Waals surface area contributed by atoms with Gasteiger partial charge in [0.05, 0.1) is 12.7 Å². The highest BCUT2D eigenvalue weighted by atomic mass is 16.6. The molecule has 1 aromatic carbocycles. The molecule has 0 amide bonds. The number of carbonyl (C=O) groups excluding carboxylic acids is 1. The van der Waals surface area contributed by atoms with Gasteiger partial charge in [-0.15, -0.1) is 0 Å². The van der Waals surface area contributed by atoms with E-state index in [1.807, 2.05) is 24.3 Å². The Morgan fingerprint density at radius 1 is 1.56 bits per heavy atom. The summed E-state index contributed by atoms with van der Waals surface area (Å²) in [5.74, 6) is 0.206. The summed E-state index contributed by atoms with van der Waals surface area (Å²) in [6, 6.07) is 7.31. The van der Waals surface area contributed by atoms with Crippen LogP contribution in [0.15, 0.2) is 42.5 Å². The molecule has 0 saturated carbocycles. The van der Waals surface area contributed by atoms with Crippen molar-refractivity contribution < 1.29 is 14.3 Å². The minimum absolute atomic E-state index is 0.285. The van der Waals surface area contributed by atoms with Crippen molar-refractivity contribution in [2.45, 2.75) is 19.4 Å². The first-order valence-electron chi connectivity index (χ1n) is 5.92. The molecule has 0 bridgehead atoms. The van der Waals surface area contributed by atoms with Gasteiger partial charge in [-0.2, -0.15) is 0 Å². The first-order valence-corrected chi connectivity index (χ1v) is 5.92. The Morgan fingerprint density at radius 2 is 2.28 bits per heavy atom. The molecule has 0 radical (unpaired) electrons. The second-order valence-electron chi connectivity index (χ2n) is 4.21. The number of rotatable bonds is 5. The molecular formula is C15H16O3. The lowest BCUT2D eigenvalue weighted by atomic mass is 10.2. The second-order valence-corrected chi connectivity index (χ2v) is 4.21. The maximum atomic E-state index is 11.8. The molecule has 94 valence electrons. The first-order chi connectivity index (χ1) is 8.70. The summed E-state index contributed by atoms with van der Waals surface area (Å²) >= 11 is 0. The summed E-state index contributed by atoms with van der Waals surface area (Å²) in [4.78, 5) is 11.8. The van der Waals surface area contributed by atoms with E-state index in [4.69, 9.17) is 9.47 Å². The van der Waals surface area contributed by atoms with Crippen LogP contribution in [0.1, 0.15) is 18.9 Å². The smallest absolute Gasteiger partial charge is 0.338 e. The van der Waals surface area contributed by atoms with Crippen molar-refractivity contribution >= 4 is 12.0 Å². The number of epoxide rings is 1. The molecule has 0 N–H and O–H groups in total. The standard InChI is InChI=1S/C15H16O3/c1-3-12-6-4-5-7-14(12)18-15(16)11(2)8-9-13-10-17-13/h3-8,13H,1,9-10H2,2H3/b11-8+. The summed E-state index contributed by atoms with van der Waals surface area (Å²) in [6.07, 6.45) is 4.58. The summed E-state index contributed by atoms with van der Waals surface area (Å²) < 4.78 is 10.4. The van der Waals surface area contributed by atoms with Crippen molar-refractivity contribution in [1.29, 1.82) is 0 Å². The molecule has 1 fully saturated rings. The van der Waals surface area contributed by atoms with Crippen molar-refractivity contribution in [2.24, 2.45) is 0 Å². The van der Waals surface area contributed by atoms with Crippen molar-refractivity contribution in [3.05, 3.63) is 48.1 Å². The summed E-state index contributed by atoms with van der Waals surface area (Å²) in [5.41, 5.74) is 1.41. The summed E-state index contributed by atoms with van der Waals surface area (Å²) in [5, 5.41) is 0. The van der Waals surface area contributed by atoms with Crippen molar-refractivity contribution in [3.63, 3.8) is 0 Å².